The van der Waals surface area contributed by atoms with Crippen molar-refractivity contribution in [3.8, 4) is 0 Å². The minimum Gasteiger partial charge on any atom is -0.396 e. The summed E-state index contributed by atoms with van der Waals surface area (Å²) in [6.07, 6.45) is 5.72. The van der Waals surface area contributed by atoms with E-state index in [4.69, 9.17) is 0 Å². The number of aliphatic hydroxyl groups is 1. The van der Waals surface area contributed by atoms with Crippen LogP contribution < -0.4 is 4.90 Å². The van der Waals surface area contributed by atoms with E-state index in [-0.39, 0.29) is 12.0 Å². The van der Waals surface area contributed by atoms with Crippen molar-refractivity contribution in [2.45, 2.75) is 19.8 Å². The van der Waals surface area contributed by atoms with Gasteiger partial charge in [0.25, 0.3) is 0 Å². The normalized spacial score (nSPS) is 19.1. The van der Waals surface area contributed by atoms with E-state index < -0.39 is 0 Å². The van der Waals surface area contributed by atoms with Gasteiger partial charge in [0.15, 0.2) is 0 Å². The van der Waals surface area contributed by atoms with Gasteiger partial charge in [-0.05, 0) is 36.5 Å². The third-order valence-electron chi connectivity index (χ3n) is 3.70. The molecule has 1 aromatic rings. The lowest BCUT2D eigenvalue weighted by atomic mass is 9.81. The maximum atomic E-state index is 9.33. The first kappa shape index (κ1) is 12.1. The average molecular weight is 232 g/mol. The van der Waals surface area contributed by atoms with Crippen molar-refractivity contribution in [3.05, 3.63) is 30.6 Å². The molecule has 1 aromatic heterocycles. The van der Waals surface area contributed by atoms with Gasteiger partial charge in [0.1, 0.15) is 0 Å². The van der Waals surface area contributed by atoms with E-state index in [1.807, 2.05) is 12.3 Å². The lowest BCUT2D eigenvalue weighted by Gasteiger charge is -2.39. The Kier molecular flexibility index (Phi) is 3.48. The van der Waals surface area contributed by atoms with Gasteiger partial charge in [-0.3, -0.25) is 4.98 Å². The van der Waals surface area contributed by atoms with E-state index in [0.717, 1.165) is 37.3 Å². The van der Waals surface area contributed by atoms with E-state index in [9.17, 15) is 5.11 Å². The van der Waals surface area contributed by atoms with Gasteiger partial charge in [-0.1, -0.05) is 13.5 Å². The van der Waals surface area contributed by atoms with Gasteiger partial charge in [-0.2, -0.15) is 0 Å². The molecule has 0 atom stereocenters. The number of hydrogen-bond donors (Lipinski definition) is 1. The van der Waals surface area contributed by atoms with Crippen molar-refractivity contribution in [3.63, 3.8) is 0 Å². The molecule has 0 unspecified atom stereocenters. The maximum absolute atomic E-state index is 9.33. The number of hydrogen-bond acceptors (Lipinski definition) is 3. The van der Waals surface area contributed by atoms with E-state index in [2.05, 4.69) is 29.5 Å². The van der Waals surface area contributed by atoms with Gasteiger partial charge < -0.3 is 10.0 Å². The Morgan fingerprint density at radius 2 is 2.18 bits per heavy atom. The van der Waals surface area contributed by atoms with Crippen LogP contribution in [0.3, 0.4) is 0 Å². The first-order chi connectivity index (χ1) is 8.17. The van der Waals surface area contributed by atoms with Gasteiger partial charge in [0, 0.05) is 19.7 Å². The van der Waals surface area contributed by atoms with Gasteiger partial charge in [0.2, 0.25) is 0 Å². The molecule has 0 bridgehead atoms. The highest BCUT2D eigenvalue weighted by atomic mass is 16.3. The lowest BCUT2D eigenvalue weighted by molar-refractivity contribution is 0.115. The highest BCUT2D eigenvalue weighted by Gasteiger charge is 2.29. The molecule has 1 fully saturated rings. The maximum Gasteiger partial charge on any atom is 0.0625 e. The summed E-state index contributed by atoms with van der Waals surface area (Å²) < 4.78 is 0. The Hall–Kier alpha value is -1.35. The molecular weight excluding hydrogens is 212 g/mol. The summed E-state index contributed by atoms with van der Waals surface area (Å²) in [6.45, 7) is 8.13. The zero-order valence-electron chi connectivity index (χ0n) is 10.4. The molecule has 2 rings (SSSR count). The van der Waals surface area contributed by atoms with Crippen LogP contribution in [0.5, 0.6) is 0 Å². The molecule has 3 heteroatoms. The van der Waals surface area contributed by atoms with Crippen molar-refractivity contribution in [2.24, 2.45) is 5.41 Å². The monoisotopic (exact) mass is 232 g/mol. The van der Waals surface area contributed by atoms with E-state index >= 15 is 0 Å². The Morgan fingerprint density at radius 1 is 1.47 bits per heavy atom. The lowest BCUT2D eigenvalue weighted by Crippen LogP contribution is -2.40. The summed E-state index contributed by atoms with van der Waals surface area (Å²) in [5, 5.41) is 9.33. The largest absolute Gasteiger partial charge is 0.396 e. The van der Waals surface area contributed by atoms with E-state index in [1.165, 1.54) is 0 Å². The zero-order valence-corrected chi connectivity index (χ0v) is 10.4. The van der Waals surface area contributed by atoms with Crippen molar-refractivity contribution in [2.75, 3.05) is 24.6 Å². The van der Waals surface area contributed by atoms with E-state index in [0.29, 0.717) is 0 Å². The fourth-order valence-corrected chi connectivity index (χ4v) is 2.17. The third kappa shape index (κ3) is 2.67. The van der Waals surface area contributed by atoms with Gasteiger partial charge in [-0.15, -0.1) is 0 Å². The molecule has 1 N–H and O–H groups in total. The summed E-state index contributed by atoms with van der Waals surface area (Å²) >= 11 is 0. The Labute approximate surface area is 103 Å². The van der Waals surface area contributed by atoms with Crippen LogP contribution in [0.1, 0.15) is 25.5 Å². The molecule has 0 radical (unpaired) electrons. The van der Waals surface area contributed by atoms with Crippen LogP contribution >= 0.6 is 0 Å². The van der Waals surface area contributed by atoms with Crippen molar-refractivity contribution >= 4 is 11.8 Å². The molecule has 1 aliphatic rings. The fourth-order valence-electron chi connectivity index (χ4n) is 2.17. The van der Waals surface area contributed by atoms with Crippen molar-refractivity contribution in [1.82, 2.24) is 4.98 Å². The summed E-state index contributed by atoms with van der Waals surface area (Å²) in [4.78, 5) is 6.65. The van der Waals surface area contributed by atoms with Crippen LogP contribution in [0, 0.1) is 5.41 Å². The average Bonchev–Trinajstić information content (AvgIpc) is 2.40. The second-order valence-corrected chi connectivity index (χ2v) is 5.10. The van der Waals surface area contributed by atoms with Crippen LogP contribution in [0.25, 0.3) is 6.08 Å². The topological polar surface area (TPSA) is 36.4 Å². The van der Waals surface area contributed by atoms with Crippen molar-refractivity contribution in [1.29, 1.82) is 0 Å². The number of aromatic nitrogens is 1. The zero-order chi connectivity index (χ0) is 12.3. The summed E-state index contributed by atoms with van der Waals surface area (Å²) in [5.41, 5.74) is 2.17. The van der Waals surface area contributed by atoms with Gasteiger partial charge in [-0.25, -0.2) is 0 Å². The molecule has 2 heterocycles. The molecule has 0 amide bonds. The predicted molar refractivity (Wildman–Crippen MR) is 71.0 cm³/mol. The Morgan fingerprint density at radius 3 is 2.65 bits per heavy atom. The smallest absolute Gasteiger partial charge is 0.0625 e. The number of piperidine rings is 1. The summed E-state index contributed by atoms with van der Waals surface area (Å²) in [5.74, 6) is 0. The predicted octanol–water partition coefficient (Wildman–Crippen LogP) is 2.32. The molecule has 1 aliphatic heterocycles. The van der Waals surface area contributed by atoms with Crippen molar-refractivity contribution < 1.29 is 5.11 Å². The Bertz CT molecular complexity index is 378. The van der Waals surface area contributed by atoms with Crippen LogP contribution in [0.2, 0.25) is 0 Å². The molecular formula is C14H20N2O. The standard InChI is InChI=1S/C14H20N2O/c1-3-12-4-5-13(10-15-12)16-8-6-14(2,11-17)7-9-16/h3-5,10,17H,1,6-9,11H2,2H3. The Balaban J connectivity index is 2.02. The first-order valence-corrected chi connectivity index (χ1v) is 6.11. The van der Waals surface area contributed by atoms with Crippen LogP contribution in [-0.4, -0.2) is 29.8 Å². The van der Waals surface area contributed by atoms with Crippen LogP contribution in [0.15, 0.2) is 24.9 Å². The highest BCUT2D eigenvalue weighted by Crippen LogP contribution is 2.32. The molecule has 0 saturated carbocycles. The fraction of sp³-hybridized carbons (Fsp3) is 0.500. The molecule has 0 aromatic carbocycles. The van der Waals surface area contributed by atoms with Crippen LogP contribution in [-0.2, 0) is 0 Å². The molecule has 0 spiro atoms. The summed E-state index contributed by atoms with van der Waals surface area (Å²) in [7, 11) is 0. The second-order valence-electron chi connectivity index (χ2n) is 5.10. The second kappa shape index (κ2) is 4.88. The summed E-state index contributed by atoms with van der Waals surface area (Å²) in [6, 6.07) is 4.08. The highest BCUT2D eigenvalue weighted by molar-refractivity contribution is 5.50. The van der Waals surface area contributed by atoms with E-state index in [1.54, 1.807) is 6.08 Å². The van der Waals surface area contributed by atoms with Gasteiger partial charge >= 0.3 is 0 Å². The molecule has 17 heavy (non-hydrogen) atoms. The third-order valence-corrected chi connectivity index (χ3v) is 3.70. The molecule has 1 saturated heterocycles. The minimum atomic E-state index is 0.102. The molecule has 3 nitrogen and oxygen atoms in total. The molecule has 92 valence electrons. The van der Waals surface area contributed by atoms with Gasteiger partial charge in [0.05, 0.1) is 17.6 Å². The quantitative estimate of drug-likeness (QED) is 0.869. The number of rotatable bonds is 3. The first-order valence-electron chi connectivity index (χ1n) is 6.11. The SMILES string of the molecule is C=Cc1ccc(N2CCC(C)(CO)CC2)cn1. The number of pyridine rings is 1. The molecule has 0 aliphatic carbocycles. The number of aliphatic hydroxyl groups excluding tert-OH is 1. The number of anilines is 1. The van der Waals surface area contributed by atoms with Crippen LogP contribution in [0.4, 0.5) is 5.69 Å². The minimum absolute atomic E-state index is 0.102. The number of nitrogens with zero attached hydrogens (tertiary/aromatic N) is 2.